The highest BCUT2D eigenvalue weighted by atomic mass is 32.1. The fourth-order valence-electron chi connectivity index (χ4n) is 2.16. The highest BCUT2D eigenvalue weighted by Gasteiger charge is 2.02. The van der Waals surface area contributed by atoms with Gasteiger partial charge in [-0.1, -0.05) is 26.1 Å². The predicted molar refractivity (Wildman–Crippen MR) is 89.5 cm³/mol. The summed E-state index contributed by atoms with van der Waals surface area (Å²) in [4.78, 5) is 2.92. The van der Waals surface area contributed by atoms with Gasteiger partial charge >= 0.3 is 0 Å². The molecule has 4 heteroatoms. The van der Waals surface area contributed by atoms with Gasteiger partial charge in [-0.3, -0.25) is 0 Å². The van der Waals surface area contributed by atoms with Crippen molar-refractivity contribution < 1.29 is 4.74 Å². The molecule has 2 N–H and O–H groups in total. The van der Waals surface area contributed by atoms with Crippen LogP contribution in [0.4, 0.5) is 0 Å². The number of ether oxygens (including phenoxy) is 1. The Labute approximate surface area is 128 Å². The Morgan fingerprint density at radius 1 is 1.10 bits per heavy atom. The summed E-state index contributed by atoms with van der Waals surface area (Å²) >= 11 is 4.92. The van der Waals surface area contributed by atoms with Gasteiger partial charge in [0.2, 0.25) is 0 Å². The van der Waals surface area contributed by atoms with Crippen LogP contribution < -0.4 is 10.5 Å². The molecule has 0 radical (unpaired) electrons. The van der Waals surface area contributed by atoms with E-state index in [1.165, 1.54) is 25.9 Å². The van der Waals surface area contributed by atoms with Crippen LogP contribution >= 0.6 is 12.2 Å². The minimum Gasteiger partial charge on any atom is -0.494 e. The molecule has 0 saturated carbocycles. The van der Waals surface area contributed by atoms with Crippen molar-refractivity contribution in [2.24, 2.45) is 5.73 Å². The summed E-state index contributed by atoms with van der Waals surface area (Å²) in [5, 5.41) is 0. The molecule has 0 atom stereocenters. The number of rotatable bonds is 10. The molecule has 0 amide bonds. The SMILES string of the molecule is CCCN(CCC)CCCOc1ccc(C(N)=S)cc1. The zero-order valence-electron chi connectivity index (χ0n) is 12.6. The molecular weight excluding hydrogens is 268 g/mol. The minimum atomic E-state index is 0.423. The summed E-state index contributed by atoms with van der Waals surface area (Å²) in [6.45, 7) is 8.65. The van der Waals surface area contributed by atoms with Gasteiger partial charge in [0.05, 0.1) is 6.61 Å². The Hall–Kier alpha value is -1.13. The van der Waals surface area contributed by atoms with Crippen molar-refractivity contribution >= 4 is 17.2 Å². The summed E-state index contributed by atoms with van der Waals surface area (Å²) in [5.74, 6) is 0.877. The number of hydrogen-bond acceptors (Lipinski definition) is 3. The minimum absolute atomic E-state index is 0.423. The Morgan fingerprint density at radius 2 is 1.70 bits per heavy atom. The van der Waals surface area contributed by atoms with E-state index in [0.717, 1.165) is 30.9 Å². The summed E-state index contributed by atoms with van der Waals surface area (Å²) in [7, 11) is 0. The molecule has 0 spiro atoms. The van der Waals surface area contributed by atoms with E-state index in [-0.39, 0.29) is 0 Å². The van der Waals surface area contributed by atoms with Crippen LogP contribution in [0.1, 0.15) is 38.7 Å². The molecule has 0 saturated heterocycles. The standard InChI is InChI=1S/C16H26N2OS/c1-3-10-18(11-4-2)12-5-13-19-15-8-6-14(7-9-15)16(17)20/h6-9H,3-5,10-13H2,1-2H3,(H2,17,20). The molecular formula is C16H26N2OS. The van der Waals surface area contributed by atoms with E-state index in [1.54, 1.807) is 0 Å². The first-order valence-corrected chi connectivity index (χ1v) is 7.83. The van der Waals surface area contributed by atoms with Crippen LogP contribution in [0.15, 0.2) is 24.3 Å². The van der Waals surface area contributed by atoms with E-state index >= 15 is 0 Å². The lowest BCUT2D eigenvalue weighted by molar-refractivity contribution is 0.234. The highest BCUT2D eigenvalue weighted by molar-refractivity contribution is 7.80. The molecule has 3 nitrogen and oxygen atoms in total. The number of nitrogens with two attached hydrogens (primary N) is 1. The molecule has 0 heterocycles. The first-order valence-electron chi connectivity index (χ1n) is 7.42. The van der Waals surface area contributed by atoms with E-state index in [9.17, 15) is 0 Å². The smallest absolute Gasteiger partial charge is 0.119 e. The van der Waals surface area contributed by atoms with Gasteiger partial charge in [-0.05, 0) is 56.6 Å². The lowest BCUT2D eigenvalue weighted by atomic mass is 10.2. The Bertz CT molecular complexity index is 386. The zero-order chi connectivity index (χ0) is 14.8. The monoisotopic (exact) mass is 294 g/mol. The van der Waals surface area contributed by atoms with Crippen LogP contribution in [0.2, 0.25) is 0 Å². The predicted octanol–water partition coefficient (Wildman–Crippen LogP) is 3.21. The highest BCUT2D eigenvalue weighted by Crippen LogP contribution is 2.12. The molecule has 20 heavy (non-hydrogen) atoms. The third-order valence-electron chi connectivity index (χ3n) is 3.11. The average molecular weight is 294 g/mol. The van der Waals surface area contributed by atoms with Crippen molar-refractivity contribution in [2.45, 2.75) is 33.1 Å². The molecule has 0 bridgehead atoms. The van der Waals surface area contributed by atoms with E-state index in [2.05, 4.69) is 18.7 Å². The maximum atomic E-state index is 5.74. The second-order valence-corrected chi connectivity index (χ2v) is 5.37. The van der Waals surface area contributed by atoms with Gasteiger partial charge in [0.25, 0.3) is 0 Å². The Kier molecular flexibility index (Phi) is 8.23. The lowest BCUT2D eigenvalue weighted by Gasteiger charge is -2.20. The van der Waals surface area contributed by atoms with Crippen molar-refractivity contribution in [3.8, 4) is 5.75 Å². The first-order chi connectivity index (χ1) is 9.67. The van der Waals surface area contributed by atoms with E-state index < -0.39 is 0 Å². The topological polar surface area (TPSA) is 38.5 Å². The van der Waals surface area contributed by atoms with Gasteiger partial charge in [-0.25, -0.2) is 0 Å². The molecule has 0 aliphatic carbocycles. The summed E-state index contributed by atoms with van der Waals surface area (Å²) in [6, 6.07) is 7.64. The van der Waals surface area contributed by atoms with Crippen LogP contribution in [0, 0.1) is 0 Å². The fourth-order valence-corrected chi connectivity index (χ4v) is 2.30. The molecule has 0 aliphatic heterocycles. The van der Waals surface area contributed by atoms with Crippen LogP contribution in [0.25, 0.3) is 0 Å². The molecule has 0 unspecified atom stereocenters. The third kappa shape index (κ3) is 6.35. The largest absolute Gasteiger partial charge is 0.494 e. The Morgan fingerprint density at radius 3 is 2.20 bits per heavy atom. The molecule has 1 rings (SSSR count). The van der Waals surface area contributed by atoms with Crippen LogP contribution in [0.3, 0.4) is 0 Å². The summed E-state index contributed by atoms with van der Waals surface area (Å²) in [6.07, 6.45) is 3.47. The molecule has 1 aromatic rings. The van der Waals surface area contributed by atoms with Crippen molar-refractivity contribution in [3.63, 3.8) is 0 Å². The average Bonchev–Trinajstić information content (AvgIpc) is 2.44. The van der Waals surface area contributed by atoms with Crippen LogP contribution in [0.5, 0.6) is 5.75 Å². The zero-order valence-corrected chi connectivity index (χ0v) is 13.4. The first kappa shape index (κ1) is 16.9. The number of nitrogens with zero attached hydrogens (tertiary/aromatic N) is 1. The molecule has 0 aliphatic rings. The van der Waals surface area contributed by atoms with Gasteiger partial charge in [0.1, 0.15) is 10.7 Å². The maximum absolute atomic E-state index is 5.74. The second kappa shape index (κ2) is 9.72. The summed E-state index contributed by atoms with van der Waals surface area (Å²) in [5.41, 5.74) is 6.44. The number of thiocarbonyl (C=S) groups is 1. The molecule has 112 valence electrons. The van der Waals surface area contributed by atoms with E-state index in [0.29, 0.717) is 4.99 Å². The summed E-state index contributed by atoms with van der Waals surface area (Å²) < 4.78 is 5.74. The van der Waals surface area contributed by atoms with Gasteiger partial charge in [-0.2, -0.15) is 0 Å². The van der Waals surface area contributed by atoms with E-state index in [4.69, 9.17) is 22.7 Å². The van der Waals surface area contributed by atoms with Gasteiger partial charge in [0.15, 0.2) is 0 Å². The molecule has 0 fully saturated rings. The van der Waals surface area contributed by atoms with Crippen LogP contribution in [-0.4, -0.2) is 36.1 Å². The van der Waals surface area contributed by atoms with Crippen molar-refractivity contribution in [1.29, 1.82) is 0 Å². The van der Waals surface area contributed by atoms with Crippen molar-refractivity contribution in [2.75, 3.05) is 26.2 Å². The number of hydrogen-bond donors (Lipinski definition) is 1. The van der Waals surface area contributed by atoms with Gasteiger partial charge in [0, 0.05) is 12.1 Å². The number of benzene rings is 1. The van der Waals surface area contributed by atoms with E-state index in [1.807, 2.05) is 24.3 Å². The lowest BCUT2D eigenvalue weighted by Crippen LogP contribution is -2.27. The third-order valence-corrected chi connectivity index (χ3v) is 3.34. The quantitative estimate of drug-likeness (QED) is 0.531. The second-order valence-electron chi connectivity index (χ2n) is 4.93. The van der Waals surface area contributed by atoms with Gasteiger partial charge in [-0.15, -0.1) is 0 Å². The van der Waals surface area contributed by atoms with Crippen molar-refractivity contribution in [1.82, 2.24) is 4.90 Å². The normalized spacial score (nSPS) is 10.8. The molecule has 1 aromatic carbocycles. The van der Waals surface area contributed by atoms with Crippen molar-refractivity contribution in [3.05, 3.63) is 29.8 Å². The van der Waals surface area contributed by atoms with Crippen LogP contribution in [-0.2, 0) is 0 Å². The van der Waals surface area contributed by atoms with Gasteiger partial charge < -0.3 is 15.4 Å². The fraction of sp³-hybridized carbons (Fsp3) is 0.562. The maximum Gasteiger partial charge on any atom is 0.119 e. The Balaban J connectivity index is 2.27. The molecule has 0 aromatic heterocycles.